The molecule has 1 N–H and O–H groups in total. The van der Waals surface area contributed by atoms with Crippen molar-refractivity contribution in [2.24, 2.45) is 0 Å². The lowest BCUT2D eigenvalue weighted by molar-refractivity contribution is -0.384. The Morgan fingerprint density at radius 2 is 2.14 bits per heavy atom. The molecule has 1 aromatic heterocycles. The minimum absolute atomic E-state index is 0.104. The molecule has 0 fully saturated rings. The van der Waals surface area contributed by atoms with Gasteiger partial charge >= 0.3 is 0 Å². The van der Waals surface area contributed by atoms with E-state index in [0.29, 0.717) is 12.6 Å². The van der Waals surface area contributed by atoms with Gasteiger partial charge in [-0.05, 0) is 44.0 Å². The lowest BCUT2D eigenvalue weighted by Gasteiger charge is -2.13. The highest BCUT2D eigenvalue weighted by molar-refractivity contribution is 9.10. The van der Waals surface area contributed by atoms with Crippen LogP contribution in [0.25, 0.3) is 0 Å². The van der Waals surface area contributed by atoms with Crippen molar-refractivity contribution in [3.63, 3.8) is 0 Å². The summed E-state index contributed by atoms with van der Waals surface area (Å²) in [5.74, 6) is 0. The third-order valence-electron chi connectivity index (χ3n) is 3.19. The first-order valence-electron chi connectivity index (χ1n) is 6.67. The Kier molecular flexibility index (Phi) is 5.50. The summed E-state index contributed by atoms with van der Waals surface area (Å²) in [6, 6.07) is 9.53. The summed E-state index contributed by atoms with van der Waals surface area (Å²) in [5, 5.41) is 14.2. The number of thiophene rings is 1. The van der Waals surface area contributed by atoms with Crippen LogP contribution in [0, 0.1) is 17.0 Å². The molecular weight excluding hydrogens is 352 g/mol. The number of aryl methyl sites for hydroxylation is 1. The predicted molar refractivity (Wildman–Crippen MR) is 89.9 cm³/mol. The van der Waals surface area contributed by atoms with Crippen LogP contribution in [0.3, 0.4) is 0 Å². The first-order chi connectivity index (χ1) is 9.95. The molecule has 6 heteroatoms. The molecule has 0 radical (unpaired) electrons. The summed E-state index contributed by atoms with van der Waals surface area (Å²) in [5.41, 5.74) is 1.13. The molecule has 0 bridgehead atoms. The first-order valence-corrected chi connectivity index (χ1v) is 8.28. The van der Waals surface area contributed by atoms with E-state index in [1.165, 1.54) is 15.8 Å². The highest BCUT2D eigenvalue weighted by atomic mass is 79.9. The second-order valence-corrected chi connectivity index (χ2v) is 7.26. The lowest BCUT2D eigenvalue weighted by atomic mass is 10.1. The molecule has 21 heavy (non-hydrogen) atoms. The summed E-state index contributed by atoms with van der Waals surface area (Å²) in [4.78, 5) is 13.0. The van der Waals surface area contributed by atoms with Crippen LogP contribution in [0.2, 0.25) is 0 Å². The van der Waals surface area contributed by atoms with Gasteiger partial charge in [-0.25, -0.2) is 0 Å². The number of non-ortho nitro benzene ring substituents is 1. The Bertz CT molecular complexity index is 642. The van der Waals surface area contributed by atoms with Crippen LogP contribution in [0.15, 0.2) is 34.8 Å². The monoisotopic (exact) mass is 368 g/mol. The fourth-order valence-corrected chi connectivity index (χ4v) is 3.57. The van der Waals surface area contributed by atoms with Crippen molar-refractivity contribution in [3.05, 3.63) is 60.2 Å². The predicted octanol–water partition coefficient (Wildman–Crippen LogP) is 4.45. The van der Waals surface area contributed by atoms with E-state index < -0.39 is 0 Å². The van der Waals surface area contributed by atoms with Gasteiger partial charge in [-0.3, -0.25) is 10.1 Å². The summed E-state index contributed by atoms with van der Waals surface area (Å²) < 4.78 is 0.767. The maximum absolute atomic E-state index is 10.7. The van der Waals surface area contributed by atoms with Gasteiger partial charge in [0, 0.05) is 38.9 Å². The second kappa shape index (κ2) is 7.15. The summed E-state index contributed by atoms with van der Waals surface area (Å²) in [7, 11) is 0. The van der Waals surface area contributed by atoms with Crippen molar-refractivity contribution in [3.8, 4) is 0 Å². The summed E-state index contributed by atoms with van der Waals surface area (Å²) in [6.45, 7) is 4.94. The SMILES string of the molecule is Cc1ccc(CC(C)NCc2ccc([N+](=O)[O-])cc2Br)s1. The largest absolute Gasteiger partial charge is 0.310 e. The normalized spacial score (nSPS) is 12.3. The molecule has 2 aromatic rings. The molecule has 0 aliphatic carbocycles. The van der Waals surface area contributed by atoms with Gasteiger partial charge in [-0.1, -0.05) is 15.9 Å². The third-order valence-corrected chi connectivity index (χ3v) is 4.95. The molecule has 0 saturated carbocycles. The lowest BCUT2D eigenvalue weighted by Crippen LogP contribution is -2.27. The fourth-order valence-electron chi connectivity index (χ4n) is 2.05. The van der Waals surface area contributed by atoms with Crippen molar-refractivity contribution < 1.29 is 4.92 Å². The molecular formula is C15H17BrN2O2S. The average Bonchev–Trinajstić information content (AvgIpc) is 2.82. The van der Waals surface area contributed by atoms with Gasteiger partial charge in [-0.2, -0.15) is 0 Å². The molecule has 0 aliphatic rings. The number of nitro groups is 1. The van der Waals surface area contributed by atoms with Crippen molar-refractivity contribution in [2.75, 3.05) is 0 Å². The number of hydrogen-bond acceptors (Lipinski definition) is 4. The molecule has 2 rings (SSSR count). The van der Waals surface area contributed by atoms with Crippen LogP contribution in [0.1, 0.15) is 22.2 Å². The Morgan fingerprint density at radius 3 is 2.71 bits per heavy atom. The van der Waals surface area contributed by atoms with E-state index in [9.17, 15) is 10.1 Å². The molecule has 0 spiro atoms. The maximum Gasteiger partial charge on any atom is 0.270 e. The highest BCUT2D eigenvalue weighted by Crippen LogP contribution is 2.23. The van der Waals surface area contributed by atoms with Crippen LogP contribution >= 0.6 is 27.3 Å². The number of rotatable bonds is 6. The van der Waals surface area contributed by atoms with Gasteiger partial charge in [0.1, 0.15) is 0 Å². The molecule has 1 heterocycles. The van der Waals surface area contributed by atoms with Gasteiger partial charge < -0.3 is 5.32 Å². The van der Waals surface area contributed by atoms with Crippen molar-refractivity contribution in [2.45, 2.75) is 32.9 Å². The number of nitrogens with zero attached hydrogens (tertiary/aromatic N) is 1. The maximum atomic E-state index is 10.7. The Morgan fingerprint density at radius 1 is 1.38 bits per heavy atom. The van der Waals surface area contributed by atoms with E-state index in [2.05, 4.69) is 47.2 Å². The number of hydrogen-bond donors (Lipinski definition) is 1. The standard InChI is InChI=1S/C15H17BrN2O2S/c1-10(7-14-6-3-11(2)21-14)17-9-12-4-5-13(18(19)20)8-15(12)16/h3-6,8,10,17H,7,9H2,1-2H3. The van der Waals surface area contributed by atoms with Gasteiger partial charge in [0.05, 0.1) is 4.92 Å². The highest BCUT2D eigenvalue weighted by Gasteiger charge is 2.10. The smallest absolute Gasteiger partial charge is 0.270 e. The van der Waals surface area contributed by atoms with E-state index >= 15 is 0 Å². The van der Waals surface area contributed by atoms with Crippen molar-refractivity contribution >= 4 is 33.0 Å². The molecule has 0 saturated heterocycles. The number of benzene rings is 1. The van der Waals surface area contributed by atoms with E-state index in [-0.39, 0.29) is 10.6 Å². The Labute approximate surface area is 136 Å². The van der Waals surface area contributed by atoms with E-state index in [1.807, 2.05) is 11.3 Å². The third kappa shape index (κ3) is 4.62. The molecule has 1 aromatic carbocycles. The van der Waals surface area contributed by atoms with Crippen LogP contribution in [0.5, 0.6) is 0 Å². The topological polar surface area (TPSA) is 55.2 Å². The van der Waals surface area contributed by atoms with Gasteiger partial charge in [0.2, 0.25) is 0 Å². The van der Waals surface area contributed by atoms with E-state index in [0.717, 1.165) is 16.5 Å². The fraction of sp³-hybridized carbons (Fsp3) is 0.333. The molecule has 4 nitrogen and oxygen atoms in total. The van der Waals surface area contributed by atoms with Crippen molar-refractivity contribution in [1.29, 1.82) is 0 Å². The number of nitro benzene ring substituents is 1. The second-order valence-electron chi connectivity index (χ2n) is 5.03. The Hall–Kier alpha value is -1.24. The van der Waals surface area contributed by atoms with Gasteiger partial charge in [-0.15, -0.1) is 11.3 Å². The zero-order valence-electron chi connectivity index (χ0n) is 11.9. The molecule has 112 valence electrons. The number of nitrogens with one attached hydrogen (secondary N) is 1. The minimum Gasteiger partial charge on any atom is -0.310 e. The molecule has 1 unspecified atom stereocenters. The van der Waals surface area contributed by atoms with Crippen molar-refractivity contribution in [1.82, 2.24) is 5.32 Å². The Balaban J connectivity index is 1.91. The average molecular weight is 369 g/mol. The first kappa shape index (κ1) is 16.1. The van der Waals surface area contributed by atoms with Crippen LogP contribution in [-0.4, -0.2) is 11.0 Å². The van der Waals surface area contributed by atoms with Gasteiger partial charge in [0.25, 0.3) is 5.69 Å². The van der Waals surface area contributed by atoms with Gasteiger partial charge in [0.15, 0.2) is 0 Å². The van der Waals surface area contributed by atoms with Crippen LogP contribution < -0.4 is 5.32 Å². The van der Waals surface area contributed by atoms with Crippen LogP contribution in [-0.2, 0) is 13.0 Å². The number of halogens is 1. The molecule has 0 aliphatic heterocycles. The molecule has 0 amide bonds. The van der Waals surface area contributed by atoms with E-state index in [4.69, 9.17) is 0 Å². The van der Waals surface area contributed by atoms with E-state index in [1.54, 1.807) is 12.1 Å². The summed E-state index contributed by atoms with van der Waals surface area (Å²) in [6.07, 6.45) is 0.989. The zero-order chi connectivity index (χ0) is 15.4. The zero-order valence-corrected chi connectivity index (χ0v) is 14.3. The van der Waals surface area contributed by atoms with Crippen LogP contribution in [0.4, 0.5) is 5.69 Å². The molecule has 1 atom stereocenters. The quantitative estimate of drug-likeness (QED) is 0.605. The summed E-state index contributed by atoms with van der Waals surface area (Å²) >= 11 is 5.22. The minimum atomic E-state index is -0.385.